The van der Waals surface area contributed by atoms with E-state index in [4.69, 9.17) is 4.42 Å². The van der Waals surface area contributed by atoms with E-state index in [-0.39, 0.29) is 5.91 Å². The number of hydrogen-bond donors (Lipinski definition) is 0. The van der Waals surface area contributed by atoms with Crippen molar-refractivity contribution in [3.05, 3.63) is 40.1 Å². The van der Waals surface area contributed by atoms with Gasteiger partial charge in [-0.25, -0.2) is 0 Å². The average Bonchev–Trinajstić information content (AvgIpc) is 2.90. The topological polar surface area (TPSA) is 51.3 Å². The van der Waals surface area contributed by atoms with Crippen molar-refractivity contribution in [2.75, 3.05) is 7.05 Å². The van der Waals surface area contributed by atoms with Gasteiger partial charge in [0, 0.05) is 31.4 Å². The van der Waals surface area contributed by atoms with Crippen molar-refractivity contribution in [2.45, 2.75) is 47.7 Å². The Bertz CT molecular complexity index is 667. The number of carbonyl (C=O) groups excluding carboxylic acids is 1. The van der Waals surface area contributed by atoms with Crippen LogP contribution >= 0.6 is 0 Å². The first-order chi connectivity index (χ1) is 9.85. The van der Waals surface area contributed by atoms with Crippen LogP contribution < -0.4 is 0 Å². The van der Waals surface area contributed by atoms with E-state index in [1.807, 2.05) is 39.4 Å². The fraction of sp³-hybridized carbons (Fsp3) is 0.500. The third-order valence-corrected chi connectivity index (χ3v) is 3.84. The molecule has 0 aliphatic heterocycles. The van der Waals surface area contributed by atoms with Crippen LogP contribution in [0.3, 0.4) is 0 Å². The predicted molar refractivity (Wildman–Crippen MR) is 81.4 cm³/mol. The number of amides is 1. The summed E-state index contributed by atoms with van der Waals surface area (Å²) in [6, 6.07) is 1.79. The minimum absolute atomic E-state index is 0.0209. The zero-order valence-corrected chi connectivity index (χ0v) is 13.6. The highest BCUT2D eigenvalue weighted by atomic mass is 16.3. The smallest absolute Gasteiger partial charge is 0.257 e. The zero-order chi connectivity index (χ0) is 15.7. The first-order valence-corrected chi connectivity index (χ1v) is 7.20. The number of furan rings is 1. The predicted octanol–water partition coefficient (Wildman–Crippen LogP) is 3.00. The van der Waals surface area contributed by atoms with E-state index in [9.17, 15) is 4.79 Å². The summed E-state index contributed by atoms with van der Waals surface area (Å²) < 4.78 is 7.41. The molecule has 0 radical (unpaired) electrons. The lowest BCUT2D eigenvalue weighted by Crippen LogP contribution is -2.27. The van der Waals surface area contributed by atoms with E-state index < -0.39 is 0 Å². The normalized spacial score (nSPS) is 11.0. The lowest BCUT2D eigenvalue weighted by Gasteiger charge is -2.17. The van der Waals surface area contributed by atoms with Gasteiger partial charge in [0.05, 0.1) is 11.3 Å². The van der Waals surface area contributed by atoms with Gasteiger partial charge < -0.3 is 9.32 Å². The van der Waals surface area contributed by atoms with Crippen molar-refractivity contribution in [1.29, 1.82) is 0 Å². The Kier molecular flexibility index (Phi) is 4.21. The number of carbonyl (C=O) groups is 1. The second-order valence-electron chi connectivity index (χ2n) is 5.45. The van der Waals surface area contributed by atoms with Crippen molar-refractivity contribution in [3.8, 4) is 0 Å². The van der Waals surface area contributed by atoms with E-state index in [1.54, 1.807) is 11.0 Å². The van der Waals surface area contributed by atoms with Gasteiger partial charge >= 0.3 is 0 Å². The van der Waals surface area contributed by atoms with Crippen molar-refractivity contribution in [1.82, 2.24) is 14.7 Å². The molecule has 0 atom stereocenters. The summed E-state index contributed by atoms with van der Waals surface area (Å²) in [7, 11) is 1.81. The molecule has 2 rings (SSSR count). The maximum Gasteiger partial charge on any atom is 0.257 e. The third kappa shape index (κ3) is 2.86. The Morgan fingerprint density at radius 1 is 1.33 bits per heavy atom. The fourth-order valence-corrected chi connectivity index (χ4v) is 2.63. The van der Waals surface area contributed by atoms with Gasteiger partial charge in [-0.05, 0) is 40.7 Å². The highest BCUT2D eigenvalue weighted by molar-refractivity contribution is 5.95. The molecule has 5 nitrogen and oxygen atoms in total. The van der Waals surface area contributed by atoms with Crippen molar-refractivity contribution < 1.29 is 9.21 Å². The Balaban J connectivity index is 2.22. The molecule has 21 heavy (non-hydrogen) atoms. The lowest BCUT2D eigenvalue weighted by molar-refractivity contribution is 0.0783. The number of rotatable bonds is 4. The highest BCUT2D eigenvalue weighted by Gasteiger charge is 2.20. The molecule has 2 aromatic heterocycles. The summed E-state index contributed by atoms with van der Waals surface area (Å²) in [5, 5.41) is 4.50. The van der Waals surface area contributed by atoms with Crippen LogP contribution in [0, 0.1) is 27.7 Å². The van der Waals surface area contributed by atoms with Gasteiger partial charge in [0.2, 0.25) is 0 Å². The number of nitrogens with zero attached hydrogens (tertiary/aromatic N) is 3. The Morgan fingerprint density at radius 3 is 2.48 bits per heavy atom. The van der Waals surface area contributed by atoms with Gasteiger partial charge in [-0.15, -0.1) is 0 Å². The molecule has 0 fully saturated rings. The lowest BCUT2D eigenvalue weighted by atomic mass is 10.1. The average molecular weight is 289 g/mol. The van der Waals surface area contributed by atoms with Gasteiger partial charge in [-0.1, -0.05) is 0 Å². The second kappa shape index (κ2) is 5.76. The molecule has 0 bridgehead atoms. The zero-order valence-electron chi connectivity index (χ0n) is 13.6. The van der Waals surface area contributed by atoms with Crippen LogP contribution in [0.5, 0.6) is 0 Å². The van der Waals surface area contributed by atoms with Crippen LogP contribution in [-0.4, -0.2) is 27.6 Å². The molecule has 0 unspecified atom stereocenters. The van der Waals surface area contributed by atoms with Gasteiger partial charge in [-0.3, -0.25) is 9.48 Å². The van der Waals surface area contributed by atoms with Crippen molar-refractivity contribution in [3.63, 3.8) is 0 Å². The van der Waals surface area contributed by atoms with Crippen LogP contribution in [0.4, 0.5) is 0 Å². The molecule has 5 heteroatoms. The molecule has 0 aliphatic carbocycles. The molecule has 1 amide bonds. The molecule has 0 N–H and O–H groups in total. The van der Waals surface area contributed by atoms with Crippen LogP contribution in [0.15, 0.2) is 10.5 Å². The molecule has 2 heterocycles. The molecule has 114 valence electrons. The van der Waals surface area contributed by atoms with Crippen LogP contribution in [-0.2, 0) is 13.1 Å². The van der Waals surface area contributed by atoms with Gasteiger partial charge in [0.25, 0.3) is 5.91 Å². The molecule has 0 aliphatic rings. The largest absolute Gasteiger partial charge is 0.466 e. The SMILES string of the molecule is CCn1nc(C)c(CN(C)C(=O)c2cc(C)oc2C)c1C. The number of hydrogen-bond acceptors (Lipinski definition) is 3. The van der Waals surface area contributed by atoms with Crippen molar-refractivity contribution in [2.24, 2.45) is 0 Å². The Hall–Kier alpha value is -2.04. The molecule has 0 saturated carbocycles. The molecule has 0 saturated heterocycles. The minimum Gasteiger partial charge on any atom is -0.466 e. The maximum absolute atomic E-state index is 12.5. The molecular weight excluding hydrogens is 266 g/mol. The summed E-state index contributed by atoms with van der Waals surface area (Å²) in [5.74, 6) is 1.41. The number of aryl methyl sites for hydroxylation is 4. The quantitative estimate of drug-likeness (QED) is 0.869. The summed E-state index contributed by atoms with van der Waals surface area (Å²) >= 11 is 0. The Labute approximate surface area is 125 Å². The summed E-state index contributed by atoms with van der Waals surface area (Å²) in [4.78, 5) is 14.2. The maximum atomic E-state index is 12.5. The van der Waals surface area contributed by atoms with E-state index in [1.165, 1.54) is 0 Å². The van der Waals surface area contributed by atoms with Crippen LogP contribution in [0.2, 0.25) is 0 Å². The van der Waals surface area contributed by atoms with Crippen LogP contribution in [0.25, 0.3) is 0 Å². The minimum atomic E-state index is -0.0209. The van der Waals surface area contributed by atoms with E-state index in [2.05, 4.69) is 12.0 Å². The molecule has 0 spiro atoms. The summed E-state index contributed by atoms with van der Waals surface area (Å²) in [5.41, 5.74) is 3.85. The monoisotopic (exact) mass is 289 g/mol. The Morgan fingerprint density at radius 2 is 2.00 bits per heavy atom. The van der Waals surface area contributed by atoms with Crippen LogP contribution in [0.1, 0.15) is 45.8 Å². The standard InChI is InChI=1S/C16H23N3O2/c1-7-19-12(4)15(11(3)17-19)9-18(6)16(20)14-8-10(2)21-13(14)5/h8H,7,9H2,1-6H3. The van der Waals surface area contributed by atoms with E-state index in [0.29, 0.717) is 17.9 Å². The van der Waals surface area contributed by atoms with Gasteiger partial charge in [0.1, 0.15) is 11.5 Å². The molecular formula is C16H23N3O2. The van der Waals surface area contributed by atoms with Crippen molar-refractivity contribution >= 4 is 5.91 Å². The first-order valence-electron chi connectivity index (χ1n) is 7.20. The number of aromatic nitrogens is 2. The highest BCUT2D eigenvalue weighted by Crippen LogP contribution is 2.19. The third-order valence-electron chi connectivity index (χ3n) is 3.84. The van der Waals surface area contributed by atoms with E-state index >= 15 is 0 Å². The first kappa shape index (κ1) is 15.4. The van der Waals surface area contributed by atoms with E-state index in [0.717, 1.165) is 29.3 Å². The molecule has 0 aromatic carbocycles. The van der Waals surface area contributed by atoms with Gasteiger partial charge in [0.15, 0.2) is 0 Å². The summed E-state index contributed by atoms with van der Waals surface area (Å²) in [6.07, 6.45) is 0. The van der Waals surface area contributed by atoms with Gasteiger partial charge in [-0.2, -0.15) is 5.10 Å². The molecule has 2 aromatic rings. The second-order valence-corrected chi connectivity index (χ2v) is 5.45. The fourth-order valence-electron chi connectivity index (χ4n) is 2.63. The summed E-state index contributed by atoms with van der Waals surface area (Å²) in [6.45, 7) is 11.2.